The zero-order valence-corrected chi connectivity index (χ0v) is 16.7. The second-order valence-electron chi connectivity index (χ2n) is 8.14. The van der Waals surface area contributed by atoms with Gasteiger partial charge in [0.05, 0.1) is 0 Å². The highest BCUT2D eigenvalue weighted by Gasteiger charge is 2.37. The van der Waals surface area contributed by atoms with Gasteiger partial charge in [-0.2, -0.15) is 0 Å². The Morgan fingerprint density at radius 1 is 1.00 bits per heavy atom. The topological polar surface area (TPSA) is 32.3 Å². The molecule has 0 saturated heterocycles. The van der Waals surface area contributed by atoms with Gasteiger partial charge >= 0.3 is 0 Å². The number of carbonyl (C=O) groups excluding carboxylic acids is 1. The summed E-state index contributed by atoms with van der Waals surface area (Å²) in [5.41, 5.74) is 2.45. The molecule has 0 heterocycles. The number of rotatable bonds is 7. The predicted octanol–water partition coefficient (Wildman–Crippen LogP) is 4.54. The van der Waals surface area contributed by atoms with Crippen LogP contribution >= 0.6 is 0 Å². The van der Waals surface area contributed by atoms with Gasteiger partial charge in [-0.25, -0.2) is 0 Å². The number of benzene rings is 2. The third-order valence-corrected chi connectivity index (χ3v) is 6.23. The maximum Gasteiger partial charge on any atom is 0.251 e. The fourth-order valence-corrected chi connectivity index (χ4v) is 4.34. The normalized spacial score (nSPS) is 22.6. The van der Waals surface area contributed by atoms with Gasteiger partial charge in [-0.15, -0.1) is 0 Å². The quantitative estimate of drug-likeness (QED) is 0.782. The van der Waals surface area contributed by atoms with Crippen LogP contribution in [0.4, 0.5) is 0 Å². The summed E-state index contributed by atoms with van der Waals surface area (Å²) in [6, 6.07) is 20.3. The van der Waals surface area contributed by atoms with Crippen LogP contribution in [0.1, 0.15) is 48.0 Å². The maximum atomic E-state index is 12.2. The molecular formula is C24H32N2O. The van der Waals surface area contributed by atoms with Gasteiger partial charge in [0, 0.05) is 17.6 Å². The third kappa shape index (κ3) is 5.20. The van der Waals surface area contributed by atoms with E-state index >= 15 is 0 Å². The van der Waals surface area contributed by atoms with Gasteiger partial charge in [0.15, 0.2) is 0 Å². The molecule has 0 unspecified atom stereocenters. The minimum absolute atomic E-state index is 0.0399. The fraction of sp³-hybridized carbons (Fsp3) is 0.458. The van der Waals surface area contributed by atoms with Crippen LogP contribution < -0.4 is 5.32 Å². The molecule has 0 radical (unpaired) electrons. The molecule has 0 atom stereocenters. The highest BCUT2D eigenvalue weighted by molar-refractivity contribution is 5.94. The Kier molecular flexibility index (Phi) is 6.68. The van der Waals surface area contributed by atoms with Crippen molar-refractivity contribution in [3.63, 3.8) is 0 Å². The summed E-state index contributed by atoms with van der Waals surface area (Å²) >= 11 is 0. The van der Waals surface area contributed by atoms with E-state index in [1.54, 1.807) is 0 Å². The smallest absolute Gasteiger partial charge is 0.251 e. The summed E-state index contributed by atoms with van der Waals surface area (Å²) in [7, 11) is 4.45. The molecular weight excluding hydrogens is 332 g/mol. The number of hydrogen-bond donors (Lipinski definition) is 1. The van der Waals surface area contributed by atoms with Gasteiger partial charge in [-0.1, -0.05) is 48.5 Å². The first-order chi connectivity index (χ1) is 13.1. The second kappa shape index (κ2) is 9.18. The van der Waals surface area contributed by atoms with Crippen molar-refractivity contribution in [1.29, 1.82) is 0 Å². The van der Waals surface area contributed by atoms with Crippen LogP contribution in [0, 0.1) is 5.92 Å². The van der Waals surface area contributed by atoms with E-state index in [-0.39, 0.29) is 11.4 Å². The first-order valence-corrected chi connectivity index (χ1v) is 10.1. The number of likely N-dealkylation sites (N-methyl/N-ethyl adjacent to an activating group) is 1. The summed E-state index contributed by atoms with van der Waals surface area (Å²) in [5, 5.41) is 3.08. The summed E-state index contributed by atoms with van der Waals surface area (Å²) in [6.45, 7) is 0.770. The molecule has 1 aliphatic rings. The Bertz CT molecular complexity index is 704. The standard InChI is InChI=1S/C24H32N2O/c1-26(2)24(19-21-9-5-3-6-10-21)16-13-20(14-17-24)15-18-25-23(27)22-11-7-4-8-12-22/h3-12,20H,13-19H2,1-2H3,(H,25,27). The van der Waals surface area contributed by atoms with E-state index in [0.717, 1.165) is 24.9 Å². The minimum atomic E-state index is 0.0399. The summed E-state index contributed by atoms with van der Waals surface area (Å²) in [4.78, 5) is 14.6. The van der Waals surface area contributed by atoms with Crippen molar-refractivity contribution >= 4 is 5.91 Å². The number of nitrogens with zero attached hydrogens (tertiary/aromatic N) is 1. The van der Waals surface area contributed by atoms with E-state index in [2.05, 4.69) is 54.6 Å². The molecule has 1 aliphatic carbocycles. The molecule has 0 aromatic heterocycles. The summed E-state index contributed by atoms with van der Waals surface area (Å²) in [6.07, 6.45) is 7.14. The molecule has 0 aliphatic heterocycles. The first kappa shape index (κ1) is 19.6. The average molecular weight is 365 g/mol. The van der Waals surface area contributed by atoms with E-state index in [0.29, 0.717) is 5.92 Å². The minimum Gasteiger partial charge on any atom is -0.352 e. The molecule has 3 rings (SSSR count). The summed E-state index contributed by atoms with van der Waals surface area (Å²) < 4.78 is 0. The molecule has 144 valence electrons. The lowest BCUT2D eigenvalue weighted by molar-refractivity contribution is 0.0765. The largest absolute Gasteiger partial charge is 0.352 e. The van der Waals surface area contributed by atoms with E-state index in [1.165, 1.54) is 31.2 Å². The SMILES string of the molecule is CN(C)C1(Cc2ccccc2)CCC(CCNC(=O)c2ccccc2)CC1. The lowest BCUT2D eigenvalue weighted by Crippen LogP contribution is -2.49. The van der Waals surface area contributed by atoms with Crippen molar-refractivity contribution in [2.75, 3.05) is 20.6 Å². The molecule has 0 spiro atoms. The lowest BCUT2D eigenvalue weighted by atomic mass is 9.72. The molecule has 27 heavy (non-hydrogen) atoms. The Morgan fingerprint density at radius 3 is 2.19 bits per heavy atom. The van der Waals surface area contributed by atoms with Gasteiger partial charge in [0.1, 0.15) is 0 Å². The van der Waals surface area contributed by atoms with E-state index in [4.69, 9.17) is 0 Å². The number of amides is 1. The van der Waals surface area contributed by atoms with Crippen LogP contribution in [-0.4, -0.2) is 37.0 Å². The van der Waals surface area contributed by atoms with Crippen molar-refractivity contribution in [3.05, 3.63) is 71.8 Å². The van der Waals surface area contributed by atoms with Crippen LogP contribution in [0.5, 0.6) is 0 Å². The van der Waals surface area contributed by atoms with Crippen LogP contribution in [0.2, 0.25) is 0 Å². The molecule has 1 fully saturated rings. The van der Waals surface area contributed by atoms with E-state index in [9.17, 15) is 4.79 Å². The zero-order chi connectivity index (χ0) is 19.1. The van der Waals surface area contributed by atoms with E-state index in [1.807, 2.05) is 30.3 Å². The Morgan fingerprint density at radius 2 is 1.59 bits per heavy atom. The van der Waals surface area contributed by atoms with Crippen LogP contribution in [0.3, 0.4) is 0 Å². The molecule has 1 N–H and O–H groups in total. The average Bonchev–Trinajstić information content (AvgIpc) is 2.70. The fourth-order valence-electron chi connectivity index (χ4n) is 4.34. The highest BCUT2D eigenvalue weighted by atomic mass is 16.1. The lowest BCUT2D eigenvalue weighted by Gasteiger charge is -2.45. The van der Waals surface area contributed by atoms with Gasteiger partial charge in [0.2, 0.25) is 0 Å². The van der Waals surface area contributed by atoms with Crippen LogP contribution in [0.15, 0.2) is 60.7 Å². The zero-order valence-electron chi connectivity index (χ0n) is 16.7. The third-order valence-electron chi connectivity index (χ3n) is 6.23. The van der Waals surface area contributed by atoms with E-state index < -0.39 is 0 Å². The molecule has 1 saturated carbocycles. The first-order valence-electron chi connectivity index (χ1n) is 10.1. The molecule has 3 heteroatoms. The van der Waals surface area contributed by atoms with Crippen molar-refractivity contribution in [1.82, 2.24) is 10.2 Å². The Hall–Kier alpha value is -2.13. The van der Waals surface area contributed by atoms with Gasteiger partial charge < -0.3 is 10.2 Å². The van der Waals surface area contributed by atoms with Crippen LogP contribution in [-0.2, 0) is 6.42 Å². The number of carbonyl (C=O) groups is 1. The monoisotopic (exact) mass is 364 g/mol. The molecule has 2 aromatic carbocycles. The number of nitrogens with one attached hydrogen (secondary N) is 1. The van der Waals surface area contributed by atoms with Crippen LogP contribution in [0.25, 0.3) is 0 Å². The van der Waals surface area contributed by atoms with Gasteiger partial charge in [-0.3, -0.25) is 4.79 Å². The molecule has 3 nitrogen and oxygen atoms in total. The van der Waals surface area contributed by atoms with Crippen molar-refractivity contribution in [3.8, 4) is 0 Å². The Balaban J connectivity index is 1.47. The van der Waals surface area contributed by atoms with Gasteiger partial charge in [-0.05, 0) is 76.2 Å². The molecule has 0 bridgehead atoms. The Labute approximate surface area is 163 Å². The highest BCUT2D eigenvalue weighted by Crippen LogP contribution is 2.38. The van der Waals surface area contributed by atoms with Crippen molar-refractivity contribution in [2.24, 2.45) is 5.92 Å². The second-order valence-corrected chi connectivity index (χ2v) is 8.14. The molecule has 2 aromatic rings. The maximum absolute atomic E-state index is 12.2. The van der Waals surface area contributed by atoms with Crippen molar-refractivity contribution < 1.29 is 4.79 Å². The number of hydrogen-bond acceptors (Lipinski definition) is 2. The van der Waals surface area contributed by atoms with Crippen molar-refractivity contribution in [2.45, 2.75) is 44.1 Å². The van der Waals surface area contributed by atoms with Gasteiger partial charge in [0.25, 0.3) is 5.91 Å². The molecule has 1 amide bonds. The predicted molar refractivity (Wildman–Crippen MR) is 112 cm³/mol. The summed E-state index contributed by atoms with van der Waals surface area (Å²) in [5.74, 6) is 0.753.